The van der Waals surface area contributed by atoms with Crippen molar-refractivity contribution in [2.45, 2.75) is 276 Å². The fourth-order valence-corrected chi connectivity index (χ4v) is 7.86. The van der Waals surface area contributed by atoms with Crippen LogP contribution in [0.15, 0.2) is 60.8 Å². The summed E-state index contributed by atoms with van der Waals surface area (Å²) >= 11 is 0. The van der Waals surface area contributed by atoms with Crippen LogP contribution in [0.5, 0.6) is 0 Å². The van der Waals surface area contributed by atoms with Gasteiger partial charge in [-0.05, 0) is 57.8 Å². The molecule has 0 spiro atoms. The number of hydrogen-bond acceptors (Lipinski definition) is 3. The summed E-state index contributed by atoms with van der Waals surface area (Å²) in [4.78, 5) is 12.5. The first-order chi connectivity index (χ1) is 29.2. The molecule has 0 aromatic heterocycles. The minimum absolute atomic E-state index is 0.0311. The molecule has 0 aliphatic rings. The van der Waals surface area contributed by atoms with E-state index in [1.165, 1.54) is 180 Å². The van der Waals surface area contributed by atoms with Gasteiger partial charge in [0.05, 0.1) is 18.8 Å². The van der Waals surface area contributed by atoms with E-state index in [0.29, 0.717) is 12.8 Å². The Hall–Kier alpha value is -1.91. The van der Waals surface area contributed by atoms with Gasteiger partial charge in [0.25, 0.3) is 0 Å². The van der Waals surface area contributed by atoms with E-state index in [-0.39, 0.29) is 12.5 Å². The number of hydrogen-bond donors (Lipinski definition) is 3. The number of nitrogens with one attached hydrogen (secondary N) is 1. The van der Waals surface area contributed by atoms with Crippen molar-refractivity contribution in [3.05, 3.63) is 60.8 Å². The Morgan fingerprint density at radius 1 is 0.424 bits per heavy atom. The fraction of sp³-hybridized carbons (Fsp3) is 0.800. The molecule has 0 heterocycles. The molecule has 0 aliphatic heterocycles. The van der Waals surface area contributed by atoms with Gasteiger partial charge in [-0.25, -0.2) is 0 Å². The van der Waals surface area contributed by atoms with E-state index in [0.717, 1.165) is 57.8 Å². The molecule has 4 heteroatoms. The zero-order chi connectivity index (χ0) is 42.8. The molecule has 0 saturated carbocycles. The van der Waals surface area contributed by atoms with Crippen LogP contribution in [0, 0.1) is 0 Å². The topological polar surface area (TPSA) is 69.6 Å². The van der Waals surface area contributed by atoms with Crippen molar-refractivity contribution in [3.8, 4) is 0 Å². The van der Waals surface area contributed by atoms with Gasteiger partial charge in [-0.15, -0.1) is 0 Å². The van der Waals surface area contributed by atoms with E-state index in [4.69, 9.17) is 0 Å². The lowest BCUT2D eigenvalue weighted by molar-refractivity contribution is -0.123. The van der Waals surface area contributed by atoms with Crippen molar-refractivity contribution in [1.82, 2.24) is 5.32 Å². The maximum absolute atomic E-state index is 12.5. The van der Waals surface area contributed by atoms with Gasteiger partial charge in [-0.1, -0.05) is 261 Å². The quantitative estimate of drug-likeness (QED) is 0.0423. The normalized spacial score (nSPS) is 13.4. The van der Waals surface area contributed by atoms with Gasteiger partial charge in [0, 0.05) is 6.42 Å². The van der Waals surface area contributed by atoms with Gasteiger partial charge in [0.2, 0.25) is 5.91 Å². The van der Waals surface area contributed by atoms with Crippen molar-refractivity contribution in [3.63, 3.8) is 0 Å². The van der Waals surface area contributed by atoms with Crippen molar-refractivity contribution in [1.29, 1.82) is 0 Å². The van der Waals surface area contributed by atoms with E-state index in [1.807, 2.05) is 0 Å². The number of aliphatic hydroxyl groups excluding tert-OH is 2. The fourth-order valence-electron chi connectivity index (χ4n) is 7.86. The van der Waals surface area contributed by atoms with Gasteiger partial charge in [0.15, 0.2) is 0 Å². The van der Waals surface area contributed by atoms with Crippen LogP contribution in [0.25, 0.3) is 0 Å². The summed E-state index contributed by atoms with van der Waals surface area (Å²) < 4.78 is 0. The number of amides is 1. The zero-order valence-corrected chi connectivity index (χ0v) is 39.5. The van der Waals surface area contributed by atoms with Gasteiger partial charge < -0.3 is 15.5 Å². The molecule has 0 saturated heterocycles. The Bertz CT molecular complexity index is 981. The Labute approximate surface area is 368 Å². The summed E-state index contributed by atoms with van der Waals surface area (Å²) in [6.07, 6.45) is 70.4. The molecule has 0 aliphatic carbocycles. The first kappa shape index (κ1) is 57.1. The Morgan fingerprint density at radius 3 is 1.12 bits per heavy atom. The molecule has 2 atom stereocenters. The van der Waals surface area contributed by atoms with Crippen LogP contribution in [0.2, 0.25) is 0 Å². The number of allylic oxidation sites excluding steroid dienone is 10. The van der Waals surface area contributed by atoms with Crippen LogP contribution in [0.4, 0.5) is 0 Å². The van der Waals surface area contributed by atoms with Crippen molar-refractivity contribution < 1.29 is 15.0 Å². The van der Waals surface area contributed by atoms with Gasteiger partial charge in [-0.2, -0.15) is 0 Å². The minimum atomic E-state index is -0.660. The summed E-state index contributed by atoms with van der Waals surface area (Å²) in [5, 5.41) is 23.3. The lowest BCUT2D eigenvalue weighted by Crippen LogP contribution is -2.45. The highest BCUT2D eigenvalue weighted by molar-refractivity contribution is 5.76. The van der Waals surface area contributed by atoms with Crippen molar-refractivity contribution in [2.75, 3.05) is 6.61 Å². The molecule has 4 nitrogen and oxygen atoms in total. The number of carbonyl (C=O) groups excluding carboxylic acids is 1. The molecule has 2 unspecified atom stereocenters. The summed E-state index contributed by atoms with van der Waals surface area (Å²) in [7, 11) is 0. The molecule has 59 heavy (non-hydrogen) atoms. The average Bonchev–Trinajstić information content (AvgIpc) is 3.24. The highest BCUT2D eigenvalue weighted by atomic mass is 16.3. The Balaban J connectivity index is 3.47. The lowest BCUT2D eigenvalue weighted by atomic mass is 10.0. The molecule has 1 amide bonds. The molecule has 0 aromatic rings. The summed E-state index contributed by atoms with van der Waals surface area (Å²) in [6.45, 7) is 4.26. The van der Waals surface area contributed by atoms with Gasteiger partial charge in [-0.3, -0.25) is 4.79 Å². The third kappa shape index (κ3) is 47.0. The predicted molar refractivity (Wildman–Crippen MR) is 262 cm³/mol. The maximum atomic E-state index is 12.5. The number of rotatable bonds is 47. The molecule has 3 N–H and O–H groups in total. The molecular weight excluding hydrogens is 723 g/mol. The predicted octanol–water partition coefficient (Wildman–Crippen LogP) is 16.9. The summed E-state index contributed by atoms with van der Waals surface area (Å²) in [5.74, 6) is -0.0311. The second-order valence-electron chi connectivity index (χ2n) is 17.6. The highest BCUT2D eigenvalue weighted by Gasteiger charge is 2.20. The first-order valence-electron chi connectivity index (χ1n) is 26.0. The monoisotopic (exact) mass is 824 g/mol. The van der Waals surface area contributed by atoms with E-state index in [9.17, 15) is 15.0 Å². The van der Waals surface area contributed by atoms with Crippen LogP contribution in [0.1, 0.15) is 264 Å². The second-order valence-corrected chi connectivity index (χ2v) is 17.6. The third-order valence-electron chi connectivity index (χ3n) is 11.8. The van der Waals surface area contributed by atoms with E-state index >= 15 is 0 Å². The van der Waals surface area contributed by atoms with Gasteiger partial charge in [0.1, 0.15) is 0 Å². The van der Waals surface area contributed by atoms with E-state index in [2.05, 4.69) is 79.9 Å². The smallest absolute Gasteiger partial charge is 0.220 e. The average molecular weight is 824 g/mol. The highest BCUT2D eigenvalue weighted by Crippen LogP contribution is 2.17. The van der Waals surface area contributed by atoms with Crippen LogP contribution in [0.3, 0.4) is 0 Å². The Kier molecular flexibility index (Phi) is 48.8. The first-order valence-corrected chi connectivity index (χ1v) is 26.0. The third-order valence-corrected chi connectivity index (χ3v) is 11.8. The molecule has 0 aromatic carbocycles. The summed E-state index contributed by atoms with van der Waals surface area (Å²) in [5.41, 5.74) is 0. The lowest BCUT2D eigenvalue weighted by Gasteiger charge is -2.22. The molecule has 0 fully saturated rings. The molecule has 0 radical (unpaired) electrons. The van der Waals surface area contributed by atoms with Crippen molar-refractivity contribution in [2.24, 2.45) is 0 Å². The largest absolute Gasteiger partial charge is 0.394 e. The van der Waals surface area contributed by atoms with E-state index < -0.39 is 12.1 Å². The SMILES string of the molecule is CC/C=C\C/C=C\C/C=C\C/C=C\C/C=C\CCCCCCCCCCCCCCCCCC(=O)NC(CO)C(O)CCCCCCCCCCCCCCCCCC. The number of aliphatic hydroxyl groups is 2. The second kappa shape index (κ2) is 50.4. The number of carbonyl (C=O) groups is 1. The van der Waals surface area contributed by atoms with Crippen LogP contribution >= 0.6 is 0 Å². The molecule has 0 bridgehead atoms. The van der Waals surface area contributed by atoms with Crippen molar-refractivity contribution >= 4 is 5.91 Å². The molecular formula is C55H101NO3. The standard InChI is InChI=1S/C55H101NO3/c1-3-5-7-9-11-13-15-17-19-21-22-23-24-25-26-27-28-29-30-31-32-33-34-35-37-39-41-43-45-47-49-51-55(59)56-53(52-57)54(58)50-48-46-44-42-40-38-36-20-18-16-14-12-10-8-6-4-2/h5,7,11,13,17,19,22-23,25-26,53-54,57-58H,3-4,6,8-10,12,14-16,18,20-21,24,27-52H2,1-2H3,(H,56,59)/b7-5-,13-11-,19-17-,23-22-,26-25-. The zero-order valence-electron chi connectivity index (χ0n) is 39.5. The Morgan fingerprint density at radius 2 is 0.746 bits per heavy atom. The maximum Gasteiger partial charge on any atom is 0.220 e. The minimum Gasteiger partial charge on any atom is -0.394 e. The molecule has 344 valence electrons. The number of unbranched alkanes of at least 4 members (excludes halogenated alkanes) is 30. The molecule has 0 rings (SSSR count). The summed E-state index contributed by atoms with van der Waals surface area (Å²) in [6, 6.07) is -0.537. The van der Waals surface area contributed by atoms with Crippen LogP contribution < -0.4 is 5.32 Å². The van der Waals surface area contributed by atoms with E-state index in [1.54, 1.807) is 0 Å². The van der Waals surface area contributed by atoms with Crippen LogP contribution in [-0.2, 0) is 4.79 Å². The van der Waals surface area contributed by atoms with Gasteiger partial charge >= 0.3 is 0 Å². The van der Waals surface area contributed by atoms with Crippen LogP contribution in [-0.4, -0.2) is 34.9 Å².